The molecule has 14 heavy (non-hydrogen) atoms. The van der Waals surface area contributed by atoms with Crippen LogP contribution in [0.5, 0.6) is 0 Å². The third kappa shape index (κ3) is 2.44. The Morgan fingerprint density at radius 3 is 3.00 bits per heavy atom. The lowest BCUT2D eigenvalue weighted by Crippen LogP contribution is -2.12. The number of carbonyl (C=O) groups is 1. The van der Waals surface area contributed by atoms with Crippen molar-refractivity contribution in [3.05, 3.63) is 28.3 Å². The Hall–Kier alpha value is -2.11. The summed E-state index contributed by atoms with van der Waals surface area (Å²) in [7, 11) is 1.27. The monoisotopic (exact) mass is 195 g/mol. The van der Waals surface area contributed by atoms with Crippen LogP contribution in [0.25, 0.3) is 6.08 Å². The molecule has 0 amide bonds. The Labute approximate surface area is 79.4 Å². The summed E-state index contributed by atoms with van der Waals surface area (Å²) in [6.45, 7) is 0. The molecule has 6 nitrogen and oxygen atoms in total. The number of aromatic amines is 1. The molecule has 1 rings (SSSR count). The van der Waals surface area contributed by atoms with Gasteiger partial charge in [0.25, 0.3) is 0 Å². The molecule has 0 aliphatic rings. The number of ether oxygens (including phenoxy) is 1. The van der Waals surface area contributed by atoms with Crippen LogP contribution in [-0.4, -0.2) is 23.0 Å². The van der Waals surface area contributed by atoms with Crippen molar-refractivity contribution in [2.45, 2.75) is 0 Å². The van der Waals surface area contributed by atoms with Crippen molar-refractivity contribution in [1.82, 2.24) is 9.97 Å². The second-order valence-electron chi connectivity index (χ2n) is 2.41. The molecule has 0 saturated carbocycles. The third-order valence-electron chi connectivity index (χ3n) is 1.47. The van der Waals surface area contributed by atoms with Crippen LogP contribution in [0.1, 0.15) is 5.56 Å². The number of carbonyl (C=O) groups excluding carboxylic acids is 1. The van der Waals surface area contributed by atoms with Crippen LogP contribution in [0.2, 0.25) is 0 Å². The summed E-state index contributed by atoms with van der Waals surface area (Å²) in [4.78, 5) is 27.1. The molecule has 0 saturated heterocycles. The van der Waals surface area contributed by atoms with E-state index in [1.807, 2.05) is 0 Å². The number of anilines is 1. The minimum Gasteiger partial charge on any atom is -0.466 e. The van der Waals surface area contributed by atoms with E-state index in [1.165, 1.54) is 25.5 Å². The van der Waals surface area contributed by atoms with E-state index >= 15 is 0 Å². The van der Waals surface area contributed by atoms with Crippen molar-refractivity contribution in [3.8, 4) is 0 Å². The summed E-state index contributed by atoms with van der Waals surface area (Å²) in [5.74, 6) is -0.347. The van der Waals surface area contributed by atoms with E-state index in [-0.39, 0.29) is 5.82 Å². The number of hydrogen-bond acceptors (Lipinski definition) is 5. The van der Waals surface area contributed by atoms with Crippen LogP contribution >= 0.6 is 0 Å². The Morgan fingerprint density at radius 1 is 1.71 bits per heavy atom. The summed E-state index contributed by atoms with van der Waals surface area (Å²) >= 11 is 0. The molecule has 0 bridgehead atoms. The van der Waals surface area contributed by atoms with Crippen molar-refractivity contribution in [2.24, 2.45) is 0 Å². The lowest BCUT2D eigenvalue weighted by Gasteiger charge is -1.96. The smallest absolute Gasteiger partial charge is 0.346 e. The molecule has 1 aromatic rings. The van der Waals surface area contributed by atoms with Gasteiger partial charge in [0.05, 0.1) is 7.11 Å². The van der Waals surface area contributed by atoms with E-state index < -0.39 is 11.7 Å². The van der Waals surface area contributed by atoms with Crippen molar-refractivity contribution >= 4 is 17.9 Å². The fourth-order valence-electron chi connectivity index (χ4n) is 0.776. The van der Waals surface area contributed by atoms with E-state index in [9.17, 15) is 9.59 Å². The van der Waals surface area contributed by atoms with Crippen molar-refractivity contribution < 1.29 is 9.53 Å². The lowest BCUT2D eigenvalue weighted by molar-refractivity contribution is -0.134. The van der Waals surface area contributed by atoms with Gasteiger partial charge in [-0.15, -0.1) is 0 Å². The number of aromatic nitrogens is 2. The lowest BCUT2D eigenvalue weighted by atomic mass is 10.3. The Balaban J connectivity index is 2.92. The molecule has 0 radical (unpaired) electrons. The van der Waals surface area contributed by atoms with Gasteiger partial charge >= 0.3 is 11.7 Å². The fourth-order valence-corrected chi connectivity index (χ4v) is 0.776. The average Bonchev–Trinajstić information content (AvgIpc) is 2.16. The summed E-state index contributed by atoms with van der Waals surface area (Å²) in [5.41, 5.74) is 5.37. The highest BCUT2D eigenvalue weighted by Crippen LogP contribution is 2.05. The maximum absolute atomic E-state index is 10.7. The molecule has 3 N–H and O–H groups in total. The Kier molecular flexibility index (Phi) is 3.01. The zero-order valence-corrected chi connectivity index (χ0v) is 7.48. The van der Waals surface area contributed by atoms with Gasteiger partial charge in [-0.1, -0.05) is 0 Å². The van der Waals surface area contributed by atoms with E-state index in [0.29, 0.717) is 5.56 Å². The molecule has 1 heterocycles. The third-order valence-corrected chi connectivity index (χ3v) is 1.47. The number of nitrogens with zero attached hydrogens (tertiary/aromatic N) is 1. The molecule has 0 aliphatic carbocycles. The molecule has 6 heteroatoms. The van der Waals surface area contributed by atoms with Crippen LogP contribution in [0, 0.1) is 0 Å². The molecule has 0 unspecified atom stereocenters. The Morgan fingerprint density at radius 2 is 2.43 bits per heavy atom. The first-order chi connectivity index (χ1) is 6.63. The first-order valence-electron chi connectivity index (χ1n) is 3.74. The summed E-state index contributed by atoms with van der Waals surface area (Å²) < 4.78 is 4.38. The quantitative estimate of drug-likeness (QED) is 0.491. The van der Waals surface area contributed by atoms with Crippen molar-refractivity contribution in [3.63, 3.8) is 0 Å². The standard InChI is InChI=1S/C8H9N3O3/c1-14-6(12)3-2-5-4-10-8(13)11-7(5)9/h2-4H,1H3,(H3,9,10,11,13). The molecule has 74 valence electrons. The van der Waals surface area contributed by atoms with Gasteiger partial charge in [-0.2, -0.15) is 0 Å². The van der Waals surface area contributed by atoms with Crippen molar-refractivity contribution in [2.75, 3.05) is 12.8 Å². The van der Waals surface area contributed by atoms with Gasteiger partial charge < -0.3 is 10.5 Å². The molecule has 0 atom stereocenters. The number of esters is 1. The van der Waals surface area contributed by atoms with Crippen LogP contribution in [0.4, 0.5) is 5.82 Å². The zero-order valence-electron chi connectivity index (χ0n) is 7.48. The van der Waals surface area contributed by atoms with E-state index in [0.717, 1.165) is 0 Å². The first kappa shape index (κ1) is 9.97. The minimum absolute atomic E-state index is 0.158. The van der Waals surface area contributed by atoms with Crippen molar-refractivity contribution in [1.29, 1.82) is 0 Å². The minimum atomic E-state index is -0.530. The normalized spacial score (nSPS) is 10.4. The second kappa shape index (κ2) is 4.22. The predicted molar refractivity (Wildman–Crippen MR) is 50.3 cm³/mol. The van der Waals surface area contributed by atoms with E-state index in [1.54, 1.807) is 0 Å². The van der Waals surface area contributed by atoms with E-state index in [2.05, 4.69) is 14.7 Å². The summed E-state index contributed by atoms with van der Waals surface area (Å²) in [6.07, 6.45) is 3.86. The highest BCUT2D eigenvalue weighted by molar-refractivity contribution is 5.87. The molecule has 0 spiro atoms. The Bertz CT molecular complexity index is 422. The number of nitrogens with two attached hydrogens (primary N) is 1. The van der Waals surface area contributed by atoms with Crippen LogP contribution < -0.4 is 11.4 Å². The molecule has 0 aliphatic heterocycles. The van der Waals surface area contributed by atoms with Gasteiger partial charge in [0.2, 0.25) is 0 Å². The van der Waals surface area contributed by atoms with Crippen LogP contribution in [0.15, 0.2) is 17.1 Å². The first-order valence-corrected chi connectivity index (χ1v) is 3.74. The summed E-state index contributed by atoms with van der Waals surface area (Å²) in [6, 6.07) is 0. The molecular weight excluding hydrogens is 186 g/mol. The number of nitrogens with one attached hydrogen (secondary N) is 1. The molecular formula is C8H9N3O3. The van der Waals surface area contributed by atoms with Crippen LogP contribution in [-0.2, 0) is 9.53 Å². The van der Waals surface area contributed by atoms with E-state index in [4.69, 9.17) is 5.73 Å². The zero-order chi connectivity index (χ0) is 10.6. The van der Waals surface area contributed by atoms with Crippen LogP contribution in [0.3, 0.4) is 0 Å². The number of methoxy groups -OCH3 is 1. The average molecular weight is 195 g/mol. The number of nitrogen functional groups attached to an aromatic ring is 1. The SMILES string of the molecule is COC(=O)C=Cc1cnc(=O)[nH]c1N. The highest BCUT2D eigenvalue weighted by Gasteiger charge is 1.97. The van der Waals surface area contributed by atoms with Gasteiger partial charge in [-0.25, -0.2) is 14.6 Å². The number of H-pyrrole nitrogens is 1. The maximum atomic E-state index is 10.7. The van der Waals surface area contributed by atoms with Gasteiger partial charge in [-0.05, 0) is 6.08 Å². The number of hydrogen-bond donors (Lipinski definition) is 2. The predicted octanol–water partition coefficient (Wildman–Crippen LogP) is -0.462. The highest BCUT2D eigenvalue weighted by atomic mass is 16.5. The molecule has 1 aromatic heterocycles. The fraction of sp³-hybridized carbons (Fsp3) is 0.125. The maximum Gasteiger partial charge on any atom is 0.346 e. The number of rotatable bonds is 2. The van der Waals surface area contributed by atoms with Gasteiger partial charge in [0, 0.05) is 17.8 Å². The topological polar surface area (TPSA) is 98.1 Å². The largest absolute Gasteiger partial charge is 0.466 e. The molecule has 0 fully saturated rings. The van der Waals surface area contributed by atoms with Gasteiger partial charge in [0.15, 0.2) is 0 Å². The van der Waals surface area contributed by atoms with Gasteiger partial charge in [-0.3, -0.25) is 4.98 Å². The second-order valence-corrected chi connectivity index (χ2v) is 2.41. The molecule has 0 aromatic carbocycles. The summed E-state index contributed by atoms with van der Waals surface area (Å²) in [5, 5.41) is 0. The van der Waals surface area contributed by atoms with Gasteiger partial charge in [0.1, 0.15) is 5.82 Å².